The van der Waals surface area contributed by atoms with Crippen LogP contribution in [0.2, 0.25) is 0 Å². The number of ketones is 1. The number of hydrogen-bond acceptors (Lipinski definition) is 5. The van der Waals surface area contributed by atoms with Gasteiger partial charge in [0.05, 0.1) is 0 Å². The Kier molecular flexibility index (Phi) is 12.9. The summed E-state index contributed by atoms with van der Waals surface area (Å²) >= 11 is 0. The summed E-state index contributed by atoms with van der Waals surface area (Å²) in [7, 11) is 0. The maximum Gasteiger partial charge on any atom is 0.164 e. The van der Waals surface area contributed by atoms with Crippen molar-refractivity contribution in [1.82, 2.24) is 4.98 Å². The van der Waals surface area contributed by atoms with Crippen LogP contribution in [0.15, 0.2) is 75.4 Å². The molecule has 0 aliphatic heterocycles. The van der Waals surface area contributed by atoms with Gasteiger partial charge in [-0.15, -0.1) is 29.1 Å². The molecule has 0 saturated heterocycles. The van der Waals surface area contributed by atoms with Gasteiger partial charge in [0, 0.05) is 70.6 Å². The van der Waals surface area contributed by atoms with Gasteiger partial charge in [0.15, 0.2) is 5.78 Å². The van der Waals surface area contributed by atoms with E-state index in [4.69, 9.17) is 13.8 Å². The van der Waals surface area contributed by atoms with E-state index >= 15 is 0 Å². The van der Waals surface area contributed by atoms with E-state index in [1.165, 1.54) is 22.6 Å². The van der Waals surface area contributed by atoms with Crippen molar-refractivity contribution in [1.29, 1.82) is 0 Å². The normalized spacial score (nSPS) is 12.8. The Morgan fingerprint density at radius 3 is 2.04 bits per heavy atom. The molecule has 0 fully saturated rings. The summed E-state index contributed by atoms with van der Waals surface area (Å²) in [5.41, 5.74) is 6.42. The molecule has 1 radical (unpaired) electrons. The van der Waals surface area contributed by atoms with Gasteiger partial charge in [0.1, 0.15) is 28.3 Å². The predicted octanol–water partition coefficient (Wildman–Crippen LogP) is 13.8. The second kappa shape index (κ2) is 16.3. The van der Waals surface area contributed by atoms with Crippen LogP contribution >= 0.6 is 0 Å². The molecule has 6 aromatic rings. The minimum absolute atomic E-state index is 0. The summed E-state index contributed by atoms with van der Waals surface area (Å²) in [6.45, 7) is 25.4. The van der Waals surface area contributed by atoms with Crippen LogP contribution in [0.25, 0.3) is 54.9 Å². The summed E-state index contributed by atoms with van der Waals surface area (Å²) in [5.74, 6) is 1.83. The van der Waals surface area contributed by atoms with Gasteiger partial charge < -0.3 is 13.9 Å². The average molecular weight is 893 g/mol. The van der Waals surface area contributed by atoms with Crippen molar-refractivity contribution in [3.05, 3.63) is 89.5 Å². The van der Waals surface area contributed by atoms with E-state index in [0.717, 1.165) is 87.4 Å². The number of rotatable bonds is 10. The predicted molar refractivity (Wildman–Crippen MR) is 218 cm³/mol. The van der Waals surface area contributed by atoms with E-state index in [-0.39, 0.29) is 47.9 Å². The molecule has 0 saturated carbocycles. The zero-order chi connectivity index (χ0) is 38.2. The molecule has 0 spiro atoms. The molecule has 285 valence electrons. The van der Waals surface area contributed by atoms with Gasteiger partial charge in [-0.2, -0.15) is 0 Å². The number of carbonyl (C=O) groups is 1. The molecular formula is C47H58IrNO4-. The number of furan rings is 2. The van der Waals surface area contributed by atoms with E-state index < -0.39 is 0 Å². The molecule has 0 atom stereocenters. The second-order valence-electron chi connectivity index (χ2n) is 16.5. The van der Waals surface area contributed by atoms with E-state index in [0.29, 0.717) is 5.92 Å². The maximum atomic E-state index is 12.2. The smallest absolute Gasteiger partial charge is 0.164 e. The Morgan fingerprint density at radius 2 is 1.43 bits per heavy atom. The number of hydrogen-bond donors (Lipinski definition) is 1. The molecule has 6 rings (SSSR count). The molecule has 5 nitrogen and oxygen atoms in total. The zero-order valence-corrected chi connectivity index (χ0v) is 36.2. The summed E-state index contributed by atoms with van der Waals surface area (Å²) in [6, 6.07) is 20.6. The van der Waals surface area contributed by atoms with Crippen molar-refractivity contribution in [3.63, 3.8) is 0 Å². The number of aliphatic hydroxyl groups is 1. The first-order valence-electron chi connectivity index (χ1n) is 19.1. The molecule has 0 amide bonds. The van der Waals surface area contributed by atoms with Crippen LogP contribution < -0.4 is 0 Å². The van der Waals surface area contributed by atoms with E-state index in [1.807, 2.05) is 53.8 Å². The Balaban J connectivity index is 0.000000299. The third kappa shape index (κ3) is 8.35. The molecule has 0 unspecified atom stereocenters. The van der Waals surface area contributed by atoms with Gasteiger partial charge in [-0.05, 0) is 68.6 Å². The molecular weight excluding hydrogens is 835 g/mol. The number of fused-ring (bicyclic) bond motifs is 5. The monoisotopic (exact) mass is 893 g/mol. The van der Waals surface area contributed by atoms with Gasteiger partial charge in [0.2, 0.25) is 0 Å². The number of aliphatic hydroxyl groups excluding tert-OH is 1. The quantitative estimate of drug-likeness (QED) is 0.0842. The number of nitrogens with zero attached hydrogens (tertiary/aromatic N) is 1. The first-order chi connectivity index (χ1) is 24.5. The summed E-state index contributed by atoms with van der Waals surface area (Å²) in [6.07, 6.45) is 7.57. The van der Waals surface area contributed by atoms with E-state index in [1.54, 1.807) is 0 Å². The molecule has 1 N–H and O–H groups in total. The number of pyridine rings is 1. The van der Waals surface area contributed by atoms with Crippen LogP contribution in [-0.4, -0.2) is 15.9 Å². The van der Waals surface area contributed by atoms with Gasteiger partial charge in [0.25, 0.3) is 0 Å². The molecule has 3 aromatic heterocycles. The van der Waals surface area contributed by atoms with Crippen LogP contribution in [0.5, 0.6) is 0 Å². The number of aromatic nitrogens is 1. The van der Waals surface area contributed by atoms with Crippen molar-refractivity contribution in [2.24, 2.45) is 16.7 Å². The summed E-state index contributed by atoms with van der Waals surface area (Å²) in [4.78, 5) is 17.0. The van der Waals surface area contributed by atoms with Crippen LogP contribution in [-0.2, 0) is 36.7 Å². The molecule has 0 aliphatic carbocycles. The summed E-state index contributed by atoms with van der Waals surface area (Å²) < 4.78 is 12.6. The van der Waals surface area contributed by atoms with E-state index in [9.17, 15) is 9.90 Å². The number of carbonyl (C=O) groups excluding carboxylic acids is 1. The van der Waals surface area contributed by atoms with Crippen LogP contribution in [0, 0.1) is 29.7 Å². The fraction of sp³-hybridized carbons (Fsp3) is 0.447. The van der Waals surface area contributed by atoms with Crippen molar-refractivity contribution >= 4 is 49.5 Å². The topological polar surface area (TPSA) is 76.5 Å². The Labute approximate surface area is 330 Å². The van der Waals surface area contributed by atoms with E-state index in [2.05, 4.69) is 90.1 Å². The first kappa shape index (κ1) is 42.0. The van der Waals surface area contributed by atoms with Crippen molar-refractivity contribution < 1.29 is 38.8 Å². The number of allylic oxidation sites excluding steroid dienone is 2. The fourth-order valence-electron chi connectivity index (χ4n) is 7.01. The van der Waals surface area contributed by atoms with Crippen molar-refractivity contribution in [3.8, 4) is 11.3 Å². The molecule has 0 aliphatic rings. The standard InChI is InChI=1S/C32H30NO2.C15H28O2.Ir/c1-18(2)13-23-19(3)34-28-17-25-29(16-24(23)28)35-27-11-12-33-31(30(25)27)21-14-20-9-7-8-10-22(20)26(15-21)32(4,5)6;1-7-14(5,8-2)12(16)11-13(17)15(6,9-3)10-4;/h7-12,15-18H,13H2,1-6H3;11,16H,7-10H2,1-6H3;/q-1;;/b;12-11-;. The van der Waals surface area contributed by atoms with Crippen molar-refractivity contribution in [2.45, 2.75) is 121 Å². The first-order valence-corrected chi connectivity index (χ1v) is 19.1. The van der Waals surface area contributed by atoms with Gasteiger partial charge in [-0.3, -0.25) is 9.78 Å². The zero-order valence-electron chi connectivity index (χ0n) is 33.8. The number of aryl methyl sites for hydroxylation is 1. The van der Waals surface area contributed by atoms with Crippen LogP contribution in [0.4, 0.5) is 0 Å². The number of benzene rings is 3. The van der Waals surface area contributed by atoms with Crippen LogP contribution in [0.3, 0.4) is 0 Å². The largest absolute Gasteiger partial charge is 0.512 e. The second-order valence-corrected chi connectivity index (χ2v) is 16.5. The minimum atomic E-state index is -0.337. The van der Waals surface area contributed by atoms with Crippen LogP contribution in [0.1, 0.15) is 119 Å². The Bertz CT molecular complexity index is 2250. The molecule has 53 heavy (non-hydrogen) atoms. The average Bonchev–Trinajstić information content (AvgIpc) is 3.64. The van der Waals surface area contributed by atoms with Crippen molar-refractivity contribution in [2.75, 3.05) is 0 Å². The third-order valence-corrected chi connectivity index (χ3v) is 11.6. The third-order valence-electron chi connectivity index (χ3n) is 11.6. The summed E-state index contributed by atoms with van der Waals surface area (Å²) in [5, 5.41) is 15.6. The van der Waals surface area contributed by atoms with Gasteiger partial charge >= 0.3 is 0 Å². The molecule has 6 heteroatoms. The molecule has 0 bridgehead atoms. The minimum Gasteiger partial charge on any atom is -0.512 e. The Morgan fingerprint density at radius 1 is 0.830 bits per heavy atom. The van der Waals surface area contributed by atoms with Gasteiger partial charge in [-0.1, -0.05) is 105 Å². The SMILES string of the molecule is CCC(C)(CC)C(=O)/C=C(\O)C(C)(CC)CC.Cc1oc2cc3c(cc2c1CC(C)C)oc1ccnc(-c2[c-]c4ccccc4c(C(C)(C)C)c2)c13.[Ir]. The van der Waals surface area contributed by atoms with Gasteiger partial charge in [-0.25, -0.2) is 0 Å². The molecule has 3 aromatic carbocycles. The fourth-order valence-corrected chi connectivity index (χ4v) is 7.01. The molecule has 3 heterocycles. The maximum absolute atomic E-state index is 12.2. The Hall–Kier alpha value is -3.73.